The fraction of sp³-hybridized carbons (Fsp3) is 0.0769. The molecule has 0 bridgehead atoms. The largest absolute Gasteiger partial charge is 0.465 e. The number of hydrogen-bond donors (Lipinski definition) is 0. The smallest absolute Gasteiger partial charge is 0.338 e. The minimum atomic E-state index is -1.12. The topological polar surface area (TPSA) is 48.4 Å². The molecule has 6 heteroatoms. The molecule has 2 rings (SSSR count). The number of halogens is 2. The Kier molecular flexibility index (Phi) is 3.70. The van der Waals surface area contributed by atoms with Crippen LogP contribution < -0.4 is 4.74 Å². The predicted octanol–water partition coefficient (Wildman–Crippen LogP) is 2.94. The van der Waals surface area contributed by atoms with Crippen LogP contribution in [-0.2, 0) is 4.74 Å². The number of benzene rings is 1. The van der Waals surface area contributed by atoms with Crippen molar-refractivity contribution < 1.29 is 23.0 Å². The van der Waals surface area contributed by atoms with E-state index in [1.165, 1.54) is 37.6 Å². The Morgan fingerprint density at radius 3 is 2.79 bits per heavy atom. The summed E-state index contributed by atoms with van der Waals surface area (Å²) in [4.78, 5) is 15.1. The molecule has 19 heavy (non-hydrogen) atoms. The van der Waals surface area contributed by atoms with Crippen molar-refractivity contribution in [1.29, 1.82) is 0 Å². The molecule has 0 unspecified atom stereocenters. The number of hydrogen-bond acceptors (Lipinski definition) is 4. The zero-order valence-corrected chi connectivity index (χ0v) is 9.89. The van der Waals surface area contributed by atoms with Crippen LogP contribution in [0.4, 0.5) is 8.78 Å². The SMILES string of the molecule is COC(=O)c1ccnc(Oc2cccc(F)c2F)c1. The number of carbonyl (C=O) groups is 1. The Morgan fingerprint density at radius 2 is 2.05 bits per heavy atom. The van der Waals surface area contributed by atoms with Gasteiger partial charge in [-0.25, -0.2) is 14.2 Å². The third-order valence-corrected chi connectivity index (χ3v) is 2.29. The van der Waals surface area contributed by atoms with Crippen LogP contribution in [0.2, 0.25) is 0 Å². The second kappa shape index (κ2) is 5.43. The predicted molar refractivity (Wildman–Crippen MR) is 62.0 cm³/mol. The number of nitrogens with zero attached hydrogens (tertiary/aromatic N) is 1. The number of pyridine rings is 1. The zero-order chi connectivity index (χ0) is 13.8. The molecule has 0 aliphatic heterocycles. The van der Waals surface area contributed by atoms with Crippen molar-refractivity contribution in [2.24, 2.45) is 0 Å². The van der Waals surface area contributed by atoms with E-state index in [2.05, 4.69) is 9.72 Å². The summed E-state index contributed by atoms with van der Waals surface area (Å²) in [5, 5.41) is 0. The minimum absolute atomic E-state index is 0.0348. The highest BCUT2D eigenvalue weighted by Crippen LogP contribution is 2.24. The van der Waals surface area contributed by atoms with Crippen LogP contribution in [0.3, 0.4) is 0 Å². The Labute approximate surface area is 107 Å². The summed E-state index contributed by atoms with van der Waals surface area (Å²) in [5.41, 5.74) is 0.198. The van der Waals surface area contributed by atoms with Crippen LogP contribution >= 0.6 is 0 Å². The lowest BCUT2D eigenvalue weighted by Crippen LogP contribution is -2.02. The van der Waals surface area contributed by atoms with Crippen LogP contribution in [-0.4, -0.2) is 18.1 Å². The molecule has 0 amide bonds. The Morgan fingerprint density at radius 1 is 1.26 bits per heavy atom. The first-order chi connectivity index (χ1) is 9.11. The standard InChI is InChI=1S/C13H9F2NO3/c1-18-13(17)8-5-6-16-11(7-8)19-10-4-2-3-9(14)12(10)15/h2-7H,1H3. The van der Waals surface area contributed by atoms with E-state index < -0.39 is 17.6 Å². The molecule has 1 aromatic carbocycles. The van der Waals surface area contributed by atoms with Gasteiger partial charge in [0.2, 0.25) is 11.7 Å². The summed E-state index contributed by atoms with van der Waals surface area (Å²) in [5.74, 6) is -3.07. The molecule has 0 aliphatic carbocycles. The molecule has 98 valence electrons. The first-order valence-electron chi connectivity index (χ1n) is 5.28. The van der Waals surface area contributed by atoms with Crippen LogP contribution in [0.15, 0.2) is 36.5 Å². The van der Waals surface area contributed by atoms with Gasteiger partial charge in [-0.05, 0) is 18.2 Å². The highest BCUT2D eigenvalue weighted by Gasteiger charge is 2.12. The maximum atomic E-state index is 13.4. The lowest BCUT2D eigenvalue weighted by molar-refractivity contribution is 0.0600. The van der Waals surface area contributed by atoms with Gasteiger partial charge in [0, 0.05) is 12.3 Å². The Hall–Kier alpha value is -2.50. The van der Waals surface area contributed by atoms with E-state index in [1.54, 1.807) is 0 Å². The van der Waals surface area contributed by atoms with E-state index in [9.17, 15) is 13.6 Å². The van der Waals surface area contributed by atoms with Gasteiger partial charge >= 0.3 is 5.97 Å². The molecule has 0 fully saturated rings. The van der Waals surface area contributed by atoms with Crippen molar-refractivity contribution in [2.45, 2.75) is 0 Å². The van der Waals surface area contributed by atoms with Gasteiger partial charge < -0.3 is 9.47 Å². The minimum Gasteiger partial charge on any atom is -0.465 e. The van der Waals surface area contributed by atoms with Gasteiger partial charge in [-0.15, -0.1) is 0 Å². The van der Waals surface area contributed by atoms with Crippen molar-refractivity contribution in [3.05, 3.63) is 53.7 Å². The van der Waals surface area contributed by atoms with E-state index in [0.717, 1.165) is 6.07 Å². The van der Waals surface area contributed by atoms with Crippen molar-refractivity contribution in [2.75, 3.05) is 7.11 Å². The third kappa shape index (κ3) is 2.85. The van der Waals surface area contributed by atoms with Gasteiger partial charge in [0.05, 0.1) is 12.7 Å². The van der Waals surface area contributed by atoms with Gasteiger partial charge in [-0.2, -0.15) is 4.39 Å². The second-order valence-corrected chi connectivity index (χ2v) is 3.53. The fourth-order valence-corrected chi connectivity index (χ4v) is 1.39. The van der Waals surface area contributed by atoms with Gasteiger partial charge in [-0.3, -0.25) is 0 Å². The highest BCUT2D eigenvalue weighted by molar-refractivity contribution is 5.89. The third-order valence-electron chi connectivity index (χ3n) is 2.29. The molecule has 0 saturated heterocycles. The maximum Gasteiger partial charge on any atom is 0.338 e. The molecule has 1 aromatic heterocycles. The van der Waals surface area contributed by atoms with E-state index >= 15 is 0 Å². The Balaban J connectivity index is 2.28. The van der Waals surface area contributed by atoms with Gasteiger partial charge in [0.15, 0.2) is 11.6 Å². The fourth-order valence-electron chi connectivity index (χ4n) is 1.39. The molecule has 0 spiro atoms. The summed E-state index contributed by atoms with van der Waals surface area (Å²) in [6.45, 7) is 0. The van der Waals surface area contributed by atoms with E-state index in [0.29, 0.717) is 0 Å². The average molecular weight is 265 g/mol. The van der Waals surface area contributed by atoms with Crippen LogP contribution in [0.1, 0.15) is 10.4 Å². The molecule has 0 saturated carbocycles. The first-order valence-corrected chi connectivity index (χ1v) is 5.28. The molecular weight excluding hydrogens is 256 g/mol. The Bertz CT molecular complexity index is 617. The summed E-state index contributed by atoms with van der Waals surface area (Å²) in [6.07, 6.45) is 1.30. The van der Waals surface area contributed by atoms with E-state index in [-0.39, 0.29) is 17.2 Å². The van der Waals surface area contributed by atoms with Gasteiger partial charge in [0.1, 0.15) is 0 Å². The van der Waals surface area contributed by atoms with Crippen molar-refractivity contribution in [3.8, 4) is 11.6 Å². The normalized spacial score (nSPS) is 10.1. The van der Waals surface area contributed by atoms with Crippen LogP contribution in [0, 0.1) is 11.6 Å². The molecule has 0 radical (unpaired) electrons. The summed E-state index contributed by atoms with van der Waals surface area (Å²) in [6, 6.07) is 6.22. The molecule has 0 atom stereocenters. The quantitative estimate of drug-likeness (QED) is 0.800. The molecule has 2 aromatic rings. The van der Waals surface area contributed by atoms with Crippen molar-refractivity contribution in [1.82, 2.24) is 4.98 Å². The van der Waals surface area contributed by atoms with Crippen molar-refractivity contribution in [3.63, 3.8) is 0 Å². The van der Waals surface area contributed by atoms with Crippen LogP contribution in [0.25, 0.3) is 0 Å². The highest BCUT2D eigenvalue weighted by atomic mass is 19.2. The number of methoxy groups -OCH3 is 1. The molecular formula is C13H9F2NO3. The zero-order valence-electron chi connectivity index (χ0n) is 9.89. The van der Waals surface area contributed by atoms with E-state index in [1.807, 2.05) is 0 Å². The number of esters is 1. The average Bonchev–Trinajstić information content (AvgIpc) is 2.43. The molecule has 0 aliphatic rings. The molecule has 1 heterocycles. The van der Waals surface area contributed by atoms with Gasteiger partial charge in [0.25, 0.3) is 0 Å². The van der Waals surface area contributed by atoms with Crippen molar-refractivity contribution >= 4 is 5.97 Å². The summed E-state index contributed by atoms with van der Waals surface area (Å²) < 4.78 is 36.0. The lowest BCUT2D eigenvalue weighted by Gasteiger charge is -2.07. The monoisotopic (exact) mass is 265 g/mol. The van der Waals surface area contributed by atoms with Gasteiger partial charge in [-0.1, -0.05) is 6.07 Å². The summed E-state index contributed by atoms with van der Waals surface area (Å²) in [7, 11) is 1.23. The number of carbonyl (C=O) groups excluding carboxylic acids is 1. The lowest BCUT2D eigenvalue weighted by atomic mass is 10.2. The summed E-state index contributed by atoms with van der Waals surface area (Å²) >= 11 is 0. The molecule has 4 nitrogen and oxygen atoms in total. The molecule has 0 N–H and O–H groups in total. The van der Waals surface area contributed by atoms with E-state index in [4.69, 9.17) is 4.74 Å². The van der Waals surface area contributed by atoms with Crippen LogP contribution in [0.5, 0.6) is 11.6 Å². The second-order valence-electron chi connectivity index (χ2n) is 3.53. The number of aromatic nitrogens is 1. The first kappa shape index (κ1) is 12.9. The maximum absolute atomic E-state index is 13.4. The number of ether oxygens (including phenoxy) is 2. The number of rotatable bonds is 3.